The summed E-state index contributed by atoms with van der Waals surface area (Å²) in [5.41, 5.74) is 2.69. The molecule has 4 rings (SSSR count). The van der Waals surface area contributed by atoms with Gasteiger partial charge in [-0.05, 0) is 53.1 Å². The Balaban J connectivity index is 1.36. The molecule has 0 radical (unpaired) electrons. The van der Waals surface area contributed by atoms with E-state index in [0.29, 0.717) is 21.5 Å². The van der Waals surface area contributed by atoms with Gasteiger partial charge in [-0.1, -0.05) is 78.6 Å². The van der Waals surface area contributed by atoms with Gasteiger partial charge in [-0.15, -0.1) is 0 Å². The van der Waals surface area contributed by atoms with E-state index in [4.69, 9.17) is 21.7 Å². The first kappa shape index (κ1) is 23.5. The first-order valence-electron chi connectivity index (χ1n) is 10.4. The second-order valence-corrected chi connectivity index (χ2v) is 9.03. The van der Waals surface area contributed by atoms with Crippen LogP contribution in [0.5, 0.6) is 11.5 Å². The lowest BCUT2D eigenvalue weighted by molar-refractivity contribution is -0.129. The fourth-order valence-corrected chi connectivity index (χ4v) is 4.47. The number of benzene rings is 3. The van der Waals surface area contributed by atoms with E-state index < -0.39 is 5.97 Å². The first-order chi connectivity index (χ1) is 16.5. The highest BCUT2D eigenvalue weighted by atomic mass is 32.2. The van der Waals surface area contributed by atoms with Gasteiger partial charge in [0, 0.05) is 6.08 Å². The zero-order valence-electron chi connectivity index (χ0n) is 18.3. The van der Waals surface area contributed by atoms with Crippen molar-refractivity contribution in [1.29, 1.82) is 0 Å². The van der Waals surface area contributed by atoms with Gasteiger partial charge < -0.3 is 9.47 Å². The van der Waals surface area contributed by atoms with Gasteiger partial charge in [0.05, 0.1) is 18.6 Å². The Morgan fingerprint density at radius 3 is 2.26 bits per heavy atom. The van der Waals surface area contributed by atoms with Crippen LogP contribution in [0.15, 0.2) is 89.8 Å². The van der Waals surface area contributed by atoms with E-state index in [-0.39, 0.29) is 5.91 Å². The molecule has 1 saturated heterocycles. The van der Waals surface area contributed by atoms with Crippen LogP contribution in [-0.4, -0.2) is 28.2 Å². The minimum Gasteiger partial charge on any atom is -0.497 e. The number of amides is 1. The van der Waals surface area contributed by atoms with E-state index in [0.717, 1.165) is 22.4 Å². The molecule has 3 aromatic carbocycles. The van der Waals surface area contributed by atoms with Crippen LogP contribution in [0.4, 0.5) is 0 Å². The molecule has 0 bridgehead atoms. The second kappa shape index (κ2) is 11.0. The average molecular weight is 488 g/mol. The third-order valence-corrected chi connectivity index (χ3v) is 6.36. The van der Waals surface area contributed by atoms with Crippen molar-refractivity contribution in [3.63, 3.8) is 0 Å². The number of esters is 1. The van der Waals surface area contributed by atoms with Crippen molar-refractivity contribution >= 4 is 52.3 Å². The lowest BCUT2D eigenvalue weighted by Crippen LogP contribution is -2.27. The Labute approximate surface area is 207 Å². The Bertz CT molecular complexity index is 1250. The molecule has 0 aromatic heterocycles. The summed E-state index contributed by atoms with van der Waals surface area (Å²) < 4.78 is 11.0. The molecule has 34 heavy (non-hydrogen) atoms. The smallest absolute Gasteiger partial charge is 0.336 e. The van der Waals surface area contributed by atoms with Gasteiger partial charge in [0.15, 0.2) is 0 Å². The average Bonchev–Trinajstić information content (AvgIpc) is 3.12. The van der Waals surface area contributed by atoms with Crippen LogP contribution in [-0.2, 0) is 16.1 Å². The van der Waals surface area contributed by atoms with Gasteiger partial charge in [0.1, 0.15) is 15.8 Å². The third-order valence-electron chi connectivity index (χ3n) is 4.98. The lowest BCUT2D eigenvalue weighted by atomic mass is 10.2. The molecule has 0 aliphatic carbocycles. The number of carbonyl (C=O) groups excluding carboxylic acids is 2. The Morgan fingerprint density at radius 1 is 0.941 bits per heavy atom. The molecule has 1 aliphatic heterocycles. The number of hydrogen-bond acceptors (Lipinski definition) is 6. The van der Waals surface area contributed by atoms with Crippen LogP contribution < -0.4 is 9.47 Å². The minimum atomic E-state index is -0.481. The lowest BCUT2D eigenvalue weighted by Gasteiger charge is -2.14. The molecule has 3 aromatic rings. The van der Waals surface area contributed by atoms with Crippen LogP contribution in [0, 0.1) is 0 Å². The van der Waals surface area contributed by atoms with Crippen LogP contribution in [0.2, 0.25) is 0 Å². The van der Waals surface area contributed by atoms with Crippen molar-refractivity contribution in [2.45, 2.75) is 6.54 Å². The van der Waals surface area contributed by atoms with Crippen LogP contribution >= 0.6 is 24.0 Å². The second-order valence-electron chi connectivity index (χ2n) is 7.35. The first-order valence-corrected chi connectivity index (χ1v) is 11.7. The number of thioether (sulfide) groups is 1. The number of nitrogens with zero attached hydrogens (tertiary/aromatic N) is 1. The SMILES string of the molecule is COc1ccc(/C=C/C(=O)Oc2ccc(/C=C3\SC(=S)N(Cc4ccccc4)C3=O)cc2)cc1. The zero-order chi connectivity index (χ0) is 23.9. The number of methoxy groups -OCH3 is 1. The normalized spacial score (nSPS) is 14.7. The van der Waals surface area contributed by atoms with E-state index >= 15 is 0 Å². The van der Waals surface area contributed by atoms with Crippen molar-refractivity contribution in [1.82, 2.24) is 4.90 Å². The van der Waals surface area contributed by atoms with E-state index in [1.54, 1.807) is 48.4 Å². The van der Waals surface area contributed by atoms with Crippen LogP contribution in [0.1, 0.15) is 16.7 Å². The Hall–Kier alpha value is -3.68. The predicted molar refractivity (Wildman–Crippen MR) is 139 cm³/mol. The van der Waals surface area contributed by atoms with Crippen molar-refractivity contribution in [2.24, 2.45) is 0 Å². The quantitative estimate of drug-likeness (QED) is 0.184. The molecule has 1 amide bonds. The molecule has 7 heteroatoms. The predicted octanol–water partition coefficient (Wildman–Crippen LogP) is 5.72. The molecule has 170 valence electrons. The molecule has 1 heterocycles. The summed E-state index contributed by atoms with van der Waals surface area (Å²) in [5, 5.41) is 0. The van der Waals surface area contributed by atoms with E-state index in [2.05, 4.69) is 0 Å². The van der Waals surface area contributed by atoms with Gasteiger partial charge in [-0.3, -0.25) is 9.69 Å². The summed E-state index contributed by atoms with van der Waals surface area (Å²) in [7, 11) is 1.60. The molecule has 1 aliphatic rings. The minimum absolute atomic E-state index is 0.113. The van der Waals surface area contributed by atoms with Gasteiger partial charge in [0.25, 0.3) is 5.91 Å². The summed E-state index contributed by atoms with van der Waals surface area (Å²) in [6.45, 7) is 0.446. The monoisotopic (exact) mass is 487 g/mol. The summed E-state index contributed by atoms with van der Waals surface area (Å²) in [6, 6.07) is 24.0. The van der Waals surface area contributed by atoms with Gasteiger partial charge in [0.2, 0.25) is 0 Å². The van der Waals surface area contributed by atoms with Crippen molar-refractivity contribution in [3.8, 4) is 11.5 Å². The molecule has 0 atom stereocenters. The van der Waals surface area contributed by atoms with Crippen LogP contribution in [0.3, 0.4) is 0 Å². The topological polar surface area (TPSA) is 55.8 Å². The van der Waals surface area contributed by atoms with Crippen LogP contribution in [0.25, 0.3) is 12.2 Å². The summed E-state index contributed by atoms with van der Waals surface area (Å²) in [4.78, 5) is 27.1. The maximum Gasteiger partial charge on any atom is 0.336 e. The zero-order valence-corrected chi connectivity index (χ0v) is 20.0. The van der Waals surface area contributed by atoms with Gasteiger partial charge in [-0.2, -0.15) is 0 Å². The number of carbonyl (C=O) groups is 2. The van der Waals surface area contributed by atoms with E-state index in [9.17, 15) is 9.59 Å². The summed E-state index contributed by atoms with van der Waals surface area (Å²) in [6.07, 6.45) is 4.83. The molecule has 0 N–H and O–H groups in total. The molecule has 0 unspecified atom stereocenters. The highest BCUT2D eigenvalue weighted by Crippen LogP contribution is 2.33. The number of hydrogen-bond donors (Lipinski definition) is 0. The molecule has 5 nitrogen and oxygen atoms in total. The molecule has 1 fully saturated rings. The van der Waals surface area contributed by atoms with Gasteiger partial charge in [-0.25, -0.2) is 4.79 Å². The maximum absolute atomic E-state index is 12.8. The van der Waals surface area contributed by atoms with Crippen molar-refractivity contribution in [3.05, 3.63) is 107 Å². The third kappa shape index (κ3) is 6.01. The fourth-order valence-electron chi connectivity index (χ4n) is 3.22. The summed E-state index contributed by atoms with van der Waals surface area (Å²) in [5.74, 6) is 0.569. The highest BCUT2D eigenvalue weighted by Gasteiger charge is 2.31. The molecule has 0 saturated carbocycles. The highest BCUT2D eigenvalue weighted by molar-refractivity contribution is 8.26. The van der Waals surface area contributed by atoms with E-state index in [1.807, 2.05) is 54.6 Å². The maximum atomic E-state index is 12.8. The largest absolute Gasteiger partial charge is 0.497 e. The number of ether oxygens (including phenoxy) is 2. The molecular weight excluding hydrogens is 466 g/mol. The van der Waals surface area contributed by atoms with Crippen molar-refractivity contribution in [2.75, 3.05) is 7.11 Å². The Morgan fingerprint density at radius 2 is 1.59 bits per heavy atom. The van der Waals surface area contributed by atoms with E-state index in [1.165, 1.54) is 17.8 Å². The van der Waals surface area contributed by atoms with Crippen molar-refractivity contribution < 1.29 is 19.1 Å². The number of rotatable bonds is 7. The molecule has 0 spiro atoms. The molecular formula is C27H21NO4S2. The Kier molecular flexibility index (Phi) is 7.57. The number of thiocarbonyl (C=S) groups is 1. The standard InChI is InChI=1S/C27H21NO4S2/c1-31-22-12-7-19(8-13-22)11-16-25(29)32-23-14-9-20(10-15-23)17-24-26(30)28(27(33)34-24)18-21-5-3-2-4-6-21/h2-17H,18H2,1H3/b16-11+,24-17-. The fraction of sp³-hybridized carbons (Fsp3) is 0.0741. The van der Waals surface area contributed by atoms with Gasteiger partial charge >= 0.3 is 5.97 Å². The summed E-state index contributed by atoms with van der Waals surface area (Å²) >= 11 is 6.69.